The van der Waals surface area contributed by atoms with Crippen molar-refractivity contribution in [3.05, 3.63) is 68.8 Å². The molecule has 4 N–H and O–H groups in total. The Hall–Kier alpha value is -2.29. The number of aliphatic imine (C=N–C) groups is 1. The Morgan fingerprint density at radius 1 is 1.41 bits per heavy atom. The number of aromatic nitrogens is 2. The third kappa shape index (κ3) is 4.34. The summed E-state index contributed by atoms with van der Waals surface area (Å²) < 4.78 is 15.2. The summed E-state index contributed by atoms with van der Waals surface area (Å²) in [6, 6.07) is 10.6. The fraction of sp³-hybridized carbons (Fsp3) is 0.300. The van der Waals surface area contributed by atoms with Gasteiger partial charge in [0.2, 0.25) is 0 Å². The number of amidine groups is 1. The highest BCUT2D eigenvalue weighted by molar-refractivity contribution is 8.14. The summed E-state index contributed by atoms with van der Waals surface area (Å²) in [5.74, 6) is -0.431. The van der Waals surface area contributed by atoms with E-state index in [9.17, 15) is 9.18 Å². The minimum atomic E-state index is -0.431. The second kappa shape index (κ2) is 8.22. The molecule has 0 fully saturated rings. The summed E-state index contributed by atoms with van der Waals surface area (Å²) in [5, 5.41) is 4.43. The number of benzene rings is 2. The fourth-order valence-electron chi connectivity index (χ4n) is 3.35. The first kappa shape index (κ1) is 20.0. The number of rotatable bonds is 5. The molecule has 4 rings (SSSR count). The number of imidazole rings is 1. The summed E-state index contributed by atoms with van der Waals surface area (Å²) in [5.41, 5.74) is 9.70. The molecule has 0 saturated heterocycles. The highest BCUT2D eigenvalue weighted by Gasteiger charge is 2.22. The van der Waals surface area contributed by atoms with Gasteiger partial charge in [-0.15, -0.1) is 0 Å². The Labute approximate surface area is 176 Å². The average molecular weight is 434 g/mol. The number of nitrogens with two attached hydrogens (primary N) is 1. The van der Waals surface area contributed by atoms with E-state index in [0.717, 1.165) is 27.3 Å². The molecular formula is C20H21ClFN5OS. The largest absolute Gasteiger partial charge is 0.363 e. The van der Waals surface area contributed by atoms with Gasteiger partial charge in [-0.3, -0.25) is 9.56 Å². The SMILES string of the molecule is Cn1c(=O)[nH]c2ccc(C3CN=C(NC[C@@H](N)Cc4ccc(Cl)c(F)c4)S3)cc21. The van der Waals surface area contributed by atoms with E-state index >= 15 is 0 Å². The van der Waals surface area contributed by atoms with E-state index in [0.29, 0.717) is 19.5 Å². The Kier molecular flexibility index (Phi) is 5.67. The van der Waals surface area contributed by atoms with Crippen LogP contribution in [0.5, 0.6) is 0 Å². The zero-order chi connectivity index (χ0) is 20.5. The maximum Gasteiger partial charge on any atom is 0.326 e. The average Bonchev–Trinajstić information content (AvgIpc) is 3.28. The van der Waals surface area contributed by atoms with Gasteiger partial charge in [0.25, 0.3) is 0 Å². The van der Waals surface area contributed by atoms with Crippen LogP contribution < -0.4 is 16.7 Å². The summed E-state index contributed by atoms with van der Waals surface area (Å²) in [6.07, 6.45) is 0.542. The van der Waals surface area contributed by atoms with E-state index in [1.54, 1.807) is 35.5 Å². The molecule has 0 saturated carbocycles. The topological polar surface area (TPSA) is 88.2 Å². The number of nitrogens with one attached hydrogen (secondary N) is 2. The van der Waals surface area contributed by atoms with Crippen molar-refractivity contribution in [1.82, 2.24) is 14.9 Å². The van der Waals surface area contributed by atoms with Gasteiger partial charge in [0.1, 0.15) is 5.82 Å². The van der Waals surface area contributed by atoms with Gasteiger partial charge < -0.3 is 16.0 Å². The van der Waals surface area contributed by atoms with Crippen LogP contribution in [0.25, 0.3) is 11.0 Å². The molecule has 9 heteroatoms. The van der Waals surface area contributed by atoms with Crippen LogP contribution in [0.15, 0.2) is 46.2 Å². The van der Waals surface area contributed by atoms with Crippen molar-refractivity contribution < 1.29 is 4.39 Å². The maximum atomic E-state index is 13.6. The van der Waals surface area contributed by atoms with E-state index in [2.05, 4.69) is 15.3 Å². The van der Waals surface area contributed by atoms with Crippen LogP contribution in [0.2, 0.25) is 5.02 Å². The smallest absolute Gasteiger partial charge is 0.326 e. The van der Waals surface area contributed by atoms with Crippen molar-refractivity contribution in [2.24, 2.45) is 17.8 Å². The van der Waals surface area contributed by atoms with Crippen LogP contribution >= 0.6 is 23.4 Å². The molecule has 2 heterocycles. The highest BCUT2D eigenvalue weighted by Crippen LogP contribution is 2.35. The number of fused-ring (bicyclic) bond motifs is 1. The van der Waals surface area contributed by atoms with Gasteiger partial charge in [0, 0.05) is 19.6 Å². The molecule has 152 valence electrons. The number of hydrogen-bond donors (Lipinski definition) is 3. The number of aryl methyl sites for hydroxylation is 1. The van der Waals surface area contributed by atoms with E-state index in [4.69, 9.17) is 17.3 Å². The van der Waals surface area contributed by atoms with E-state index in [1.807, 2.05) is 18.2 Å². The Bertz CT molecular complexity index is 1140. The number of hydrogen-bond acceptors (Lipinski definition) is 5. The Balaban J connectivity index is 1.33. The van der Waals surface area contributed by atoms with Gasteiger partial charge in [-0.25, -0.2) is 9.18 Å². The predicted molar refractivity (Wildman–Crippen MR) is 117 cm³/mol. The summed E-state index contributed by atoms with van der Waals surface area (Å²) in [4.78, 5) is 19.2. The molecule has 0 bridgehead atoms. The summed E-state index contributed by atoms with van der Waals surface area (Å²) in [6.45, 7) is 1.20. The van der Waals surface area contributed by atoms with Crippen LogP contribution in [-0.2, 0) is 13.5 Å². The van der Waals surface area contributed by atoms with Gasteiger partial charge in [0.05, 0.1) is 27.9 Å². The third-order valence-corrected chi connectivity index (χ3v) is 6.46. The van der Waals surface area contributed by atoms with Crippen molar-refractivity contribution in [3.63, 3.8) is 0 Å². The molecule has 29 heavy (non-hydrogen) atoms. The molecule has 6 nitrogen and oxygen atoms in total. The number of thioether (sulfide) groups is 1. The van der Waals surface area contributed by atoms with Crippen LogP contribution in [0, 0.1) is 5.82 Å². The lowest BCUT2D eigenvalue weighted by Gasteiger charge is -2.14. The zero-order valence-corrected chi connectivity index (χ0v) is 17.4. The van der Waals surface area contributed by atoms with Crippen molar-refractivity contribution >= 4 is 39.6 Å². The molecule has 2 aromatic carbocycles. The number of aromatic amines is 1. The van der Waals surface area contributed by atoms with Crippen molar-refractivity contribution in [2.75, 3.05) is 13.1 Å². The number of nitrogens with zero attached hydrogens (tertiary/aromatic N) is 2. The van der Waals surface area contributed by atoms with Crippen LogP contribution in [0.3, 0.4) is 0 Å². The van der Waals surface area contributed by atoms with Crippen molar-refractivity contribution in [1.29, 1.82) is 0 Å². The molecule has 0 spiro atoms. The standard InChI is InChI=1S/C20H21ClFN5OS/c1-27-17-8-12(3-5-16(17)26-20(27)28)18-10-25-19(29-18)24-9-13(23)6-11-2-4-14(21)15(22)7-11/h2-5,7-8,13,18H,6,9-10,23H2,1H3,(H,24,25)(H,26,28)/t13-,18?/m0/s1. The third-order valence-electron chi connectivity index (χ3n) is 4.95. The van der Waals surface area contributed by atoms with Crippen LogP contribution in [0.1, 0.15) is 16.4 Å². The normalized spacial score (nSPS) is 17.5. The Morgan fingerprint density at radius 2 is 2.24 bits per heavy atom. The molecule has 3 aromatic rings. The molecular weight excluding hydrogens is 413 g/mol. The second-order valence-corrected chi connectivity index (χ2v) is 8.71. The fourth-order valence-corrected chi connectivity index (χ4v) is 4.48. The van der Waals surface area contributed by atoms with Crippen LogP contribution in [0.4, 0.5) is 4.39 Å². The van der Waals surface area contributed by atoms with Gasteiger partial charge in [-0.2, -0.15) is 0 Å². The molecule has 1 aliphatic rings. The first-order chi connectivity index (χ1) is 13.9. The highest BCUT2D eigenvalue weighted by atomic mass is 35.5. The lowest BCUT2D eigenvalue weighted by atomic mass is 10.1. The summed E-state index contributed by atoms with van der Waals surface area (Å²) >= 11 is 7.36. The molecule has 0 aliphatic carbocycles. The molecule has 1 unspecified atom stereocenters. The van der Waals surface area contributed by atoms with E-state index in [1.165, 1.54) is 6.07 Å². The van der Waals surface area contributed by atoms with Gasteiger partial charge >= 0.3 is 5.69 Å². The lowest BCUT2D eigenvalue weighted by molar-refractivity contribution is 0.615. The number of H-pyrrole nitrogens is 1. The maximum absolute atomic E-state index is 13.6. The summed E-state index contributed by atoms with van der Waals surface area (Å²) in [7, 11) is 1.75. The molecule has 0 amide bonds. The van der Waals surface area contributed by atoms with Crippen molar-refractivity contribution in [2.45, 2.75) is 17.7 Å². The van der Waals surface area contributed by atoms with Crippen molar-refractivity contribution in [3.8, 4) is 0 Å². The van der Waals surface area contributed by atoms with E-state index in [-0.39, 0.29) is 22.0 Å². The molecule has 1 aliphatic heterocycles. The first-order valence-corrected chi connectivity index (χ1v) is 10.5. The minimum Gasteiger partial charge on any atom is -0.363 e. The minimum absolute atomic E-state index is 0.112. The zero-order valence-electron chi connectivity index (χ0n) is 15.8. The second-order valence-electron chi connectivity index (χ2n) is 7.11. The molecule has 0 radical (unpaired) electrons. The quantitative estimate of drug-likeness (QED) is 0.577. The Morgan fingerprint density at radius 3 is 3.03 bits per heavy atom. The number of halogens is 2. The molecule has 1 aromatic heterocycles. The van der Waals surface area contributed by atoms with Crippen LogP contribution in [-0.4, -0.2) is 33.9 Å². The molecule has 2 atom stereocenters. The van der Waals surface area contributed by atoms with Gasteiger partial charge in [-0.1, -0.05) is 35.5 Å². The van der Waals surface area contributed by atoms with Gasteiger partial charge in [-0.05, 0) is 41.8 Å². The monoisotopic (exact) mass is 433 g/mol. The van der Waals surface area contributed by atoms with Gasteiger partial charge in [0.15, 0.2) is 5.17 Å². The lowest BCUT2D eigenvalue weighted by Crippen LogP contribution is -2.37. The predicted octanol–water partition coefficient (Wildman–Crippen LogP) is 2.96. The first-order valence-electron chi connectivity index (χ1n) is 9.24. The van der Waals surface area contributed by atoms with E-state index < -0.39 is 5.82 Å².